The third-order valence-electron chi connectivity index (χ3n) is 3.51. The van der Waals surface area contributed by atoms with Gasteiger partial charge in [-0.15, -0.1) is 0 Å². The van der Waals surface area contributed by atoms with Gasteiger partial charge in [0.15, 0.2) is 0 Å². The highest BCUT2D eigenvalue weighted by Crippen LogP contribution is 2.29. The van der Waals surface area contributed by atoms with Crippen LogP contribution in [0.2, 0.25) is 0 Å². The first kappa shape index (κ1) is 14.1. The zero-order valence-electron chi connectivity index (χ0n) is 12.4. The third kappa shape index (κ3) is 2.56. The highest BCUT2D eigenvalue weighted by molar-refractivity contribution is 9.10. The Morgan fingerprint density at radius 2 is 1.90 bits per heavy atom. The molecule has 3 rings (SSSR count). The molecule has 3 aromatic rings. The molecule has 0 unspecified atom stereocenters. The summed E-state index contributed by atoms with van der Waals surface area (Å²) >= 11 is 3.58. The fraction of sp³-hybridized carbons (Fsp3) is 0.235. The minimum absolute atomic E-state index is 0.331. The van der Waals surface area contributed by atoms with Gasteiger partial charge in [0.1, 0.15) is 5.82 Å². The van der Waals surface area contributed by atoms with Gasteiger partial charge in [0.25, 0.3) is 0 Å². The Balaban J connectivity index is 2.36. The number of rotatable bonds is 2. The van der Waals surface area contributed by atoms with Crippen molar-refractivity contribution in [2.75, 3.05) is 5.73 Å². The van der Waals surface area contributed by atoms with Crippen LogP contribution < -0.4 is 5.73 Å². The van der Waals surface area contributed by atoms with E-state index >= 15 is 0 Å². The van der Waals surface area contributed by atoms with Crippen LogP contribution >= 0.6 is 15.9 Å². The minimum atomic E-state index is 0.331. The number of benzene rings is 2. The van der Waals surface area contributed by atoms with Crippen LogP contribution in [0, 0.1) is 6.92 Å². The van der Waals surface area contributed by atoms with Crippen LogP contribution in [-0.2, 0) is 0 Å². The van der Waals surface area contributed by atoms with Gasteiger partial charge < -0.3 is 5.73 Å². The van der Waals surface area contributed by atoms with Crippen LogP contribution in [0.4, 0.5) is 5.69 Å². The van der Waals surface area contributed by atoms with Crippen molar-refractivity contribution in [1.29, 1.82) is 0 Å². The summed E-state index contributed by atoms with van der Waals surface area (Å²) in [6.07, 6.45) is 0. The standard InChI is InChI=1S/C17H18BrN3/c1-10(2)17-20-15-9-13(19)4-5-16(15)21(17)14-7-11(3)6-12(18)8-14/h4-10H,19H2,1-3H3. The van der Waals surface area contributed by atoms with Gasteiger partial charge in [-0.3, -0.25) is 4.57 Å². The zero-order chi connectivity index (χ0) is 15.1. The lowest BCUT2D eigenvalue weighted by Crippen LogP contribution is -2.03. The highest BCUT2D eigenvalue weighted by atomic mass is 79.9. The molecule has 0 spiro atoms. The SMILES string of the molecule is Cc1cc(Br)cc(-n2c(C(C)C)nc3cc(N)ccc32)c1. The van der Waals surface area contributed by atoms with Crippen molar-refractivity contribution in [3.8, 4) is 5.69 Å². The first-order chi connectivity index (χ1) is 9.95. The molecule has 0 atom stereocenters. The maximum atomic E-state index is 5.89. The van der Waals surface area contributed by atoms with Gasteiger partial charge in [-0.2, -0.15) is 0 Å². The van der Waals surface area contributed by atoms with Crippen LogP contribution in [0.25, 0.3) is 16.7 Å². The number of aryl methyl sites for hydroxylation is 1. The summed E-state index contributed by atoms with van der Waals surface area (Å²) in [5, 5.41) is 0. The number of hydrogen-bond donors (Lipinski definition) is 1. The topological polar surface area (TPSA) is 43.8 Å². The third-order valence-corrected chi connectivity index (χ3v) is 3.96. The Bertz CT molecular complexity index is 798. The van der Waals surface area contributed by atoms with Gasteiger partial charge in [-0.25, -0.2) is 4.98 Å². The molecule has 108 valence electrons. The van der Waals surface area contributed by atoms with Crippen LogP contribution in [0.1, 0.15) is 31.2 Å². The van der Waals surface area contributed by atoms with Crippen molar-refractivity contribution < 1.29 is 0 Å². The molecule has 0 bridgehead atoms. The van der Waals surface area contributed by atoms with Crippen molar-refractivity contribution >= 4 is 32.7 Å². The summed E-state index contributed by atoms with van der Waals surface area (Å²) < 4.78 is 3.29. The largest absolute Gasteiger partial charge is 0.399 e. The summed E-state index contributed by atoms with van der Waals surface area (Å²) in [5.74, 6) is 1.38. The summed E-state index contributed by atoms with van der Waals surface area (Å²) in [4.78, 5) is 4.78. The number of nitrogens with zero attached hydrogens (tertiary/aromatic N) is 2. The number of hydrogen-bond acceptors (Lipinski definition) is 2. The summed E-state index contributed by atoms with van der Waals surface area (Å²) in [7, 11) is 0. The molecule has 2 N–H and O–H groups in total. The van der Waals surface area contributed by atoms with Gasteiger partial charge in [0.2, 0.25) is 0 Å². The molecule has 0 saturated carbocycles. The number of fused-ring (bicyclic) bond motifs is 1. The number of anilines is 1. The number of nitrogens with two attached hydrogens (primary N) is 1. The Labute approximate surface area is 132 Å². The first-order valence-electron chi connectivity index (χ1n) is 7.01. The fourth-order valence-electron chi connectivity index (χ4n) is 2.62. The van der Waals surface area contributed by atoms with Crippen molar-refractivity contribution in [3.05, 3.63) is 52.3 Å². The van der Waals surface area contributed by atoms with Gasteiger partial charge >= 0.3 is 0 Å². The molecule has 21 heavy (non-hydrogen) atoms. The quantitative estimate of drug-likeness (QED) is 0.679. The smallest absolute Gasteiger partial charge is 0.117 e. The lowest BCUT2D eigenvalue weighted by molar-refractivity contribution is 0.759. The zero-order valence-corrected chi connectivity index (χ0v) is 14.0. The highest BCUT2D eigenvalue weighted by Gasteiger charge is 2.15. The molecule has 2 aromatic carbocycles. The second-order valence-electron chi connectivity index (χ2n) is 5.70. The van der Waals surface area contributed by atoms with Crippen molar-refractivity contribution in [3.63, 3.8) is 0 Å². The molecule has 0 aliphatic carbocycles. The number of imidazole rings is 1. The average Bonchev–Trinajstić information content (AvgIpc) is 2.76. The summed E-state index contributed by atoms with van der Waals surface area (Å²) in [5.41, 5.74) is 11.0. The average molecular weight is 344 g/mol. The minimum Gasteiger partial charge on any atom is -0.399 e. The van der Waals surface area contributed by atoms with E-state index in [0.29, 0.717) is 5.92 Å². The van der Waals surface area contributed by atoms with E-state index in [2.05, 4.69) is 59.5 Å². The molecule has 1 heterocycles. The Hall–Kier alpha value is -1.81. The van der Waals surface area contributed by atoms with E-state index in [0.717, 1.165) is 32.7 Å². The Morgan fingerprint density at radius 1 is 1.14 bits per heavy atom. The lowest BCUT2D eigenvalue weighted by atomic mass is 10.1. The predicted octanol–water partition coefficient (Wildman–Crippen LogP) is 4.80. The maximum Gasteiger partial charge on any atom is 0.117 e. The maximum absolute atomic E-state index is 5.89. The van der Waals surface area contributed by atoms with Crippen LogP contribution in [0.15, 0.2) is 40.9 Å². The molecule has 0 radical (unpaired) electrons. The second-order valence-corrected chi connectivity index (χ2v) is 6.61. The normalized spacial score (nSPS) is 11.5. The second kappa shape index (κ2) is 5.19. The summed E-state index contributed by atoms with van der Waals surface area (Å²) in [6, 6.07) is 12.3. The predicted molar refractivity (Wildman–Crippen MR) is 92.0 cm³/mol. The number of halogens is 1. The summed E-state index contributed by atoms with van der Waals surface area (Å²) in [6.45, 7) is 6.41. The van der Waals surface area contributed by atoms with E-state index in [-0.39, 0.29) is 0 Å². The van der Waals surface area contributed by atoms with Gasteiger partial charge in [-0.1, -0.05) is 29.8 Å². The molecule has 0 saturated heterocycles. The molecule has 0 amide bonds. The number of nitrogen functional groups attached to an aromatic ring is 1. The van der Waals surface area contributed by atoms with E-state index in [1.165, 1.54) is 5.56 Å². The van der Waals surface area contributed by atoms with E-state index < -0.39 is 0 Å². The Kier molecular flexibility index (Phi) is 3.49. The van der Waals surface area contributed by atoms with Crippen molar-refractivity contribution in [2.45, 2.75) is 26.7 Å². The molecule has 4 heteroatoms. The van der Waals surface area contributed by atoms with Crippen LogP contribution in [0.3, 0.4) is 0 Å². The van der Waals surface area contributed by atoms with Crippen molar-refractivity contribution in [2.24, 2.45) is 0 Å². The Morgan fingerprint density at radius 3 is 2.57 bits per heavy atom. The van der Waals surface area contributed by atoms with Gasteiger partial charge in [0, 0.05) is 21.8 Å². The van der Waals surface area contributed by atoms with E-state index in [1.807, 2.05) is 18.2 Å². The lowest BCUT2D eigenvalue weighted by Gasteiger charge is -2.13. The van der Waals surface area contributed by atoms with Crippen molar-refractivity contribution in [1.82, 2.24) is 9.55 Å². The fourth-order valence-corrected chi connectivity index (χ4v) is 3.22. The van der Waals surface area contributed by atoms with Crippen LogP contribution in [-0.4, -0.2) is 9.55 Å². The number of aromatic nitrogens is 2. The van der Waals surface area contributed by atoms with Gasteiger partial charge in [-0.05, 0) is 48.9 Å². The monoisotopic (exact) mass is 343 g/mol. The molecule has 0 aliphatic rings. The molecule has 0 aliphatic heterocycles. The molecule has 1 aromatic heterocycles. The molecular formula is C17H18BrN3. The van der Waals surface area contributed by atoms with E-state index in [9.17, 15) is 0 Å². The first-order valence-corrected chi connectivity index (χ1v) is 7.80. The van der Waals surface area contributed by atoms with E-state index in [4.69, 9.17) is 10.7 Å². The van der Waals surface area contributed by atoms with Gasteiger partial charge in [0.05, 0.1) is 11.0 Å². The molecular weight excluding hydrogens is 326 g/mol. The van der Waals surface area contributed by atoms with E-state index in [1.54, 1.807) is 0 Å². The molecule has 3 nitrogen and oxygen atoms in total. The van der Waals surface area contributed by atoms with Crippen LogP contribution in [0.5, 0.6) is 0 Å². The molecule has 0 fully saturated rings.